The molecule has 0 aliphatic rings. The second-order valence-corrected chi connectivity index (χ2v) is 2.02. The highest BCUT2D eigenvalue weighted by atomic mass is 16.4. The van der Waals surface area contributed by atoms with Crippen LogP contribution < -0.4 is 15.3 Å². The third kappa shape index (κ3) is 3.90. The van der Waals surface area contributed by atoms with Crippen molar-refractivity contribution >= 4 is 17.9 Å². The highest BCUT2D eigenvalue weighted by molar-refractivity contribution is 5.97. The summed E-state index contributed by atoms with van der Waals surface area (Å²) in [5.74, 6) is -7.40. The maximum absolute atomic E-state index is 10.4. The van der Waals surface area contributed by atoms with Gasteiger partial charge in [-0.05, 0) is 0 Å². The first-order valence-electron chi connectivity index (χ1n) is 3.10. The SMILES string of the molecule is O=C(O)/C=C(\C=C(/[O-])C(=O)[O-])C(=O)[O-]. The Morgan fingerprint density at radius 1 is 0.929 bits per heavy atom. The van der Waals surface area contributed by atoms with Crippen LogP contribution in [0.3, 0.4) is 0 Å². The molecule has 7 heteroatoms. The van der Waals surface area contributed by atoms with Gasteiger partial charge < -0.3 is 30.0 Å². The van der Waals surface area contributed by atoms with Gasteiger partial charge in [0.15, 0.2) is 0 Å². The van der Waals surface area contributed by atoms with Crippen molar-refractivity contribution < 1.29 is 34.8 Å². The van der Waals surface area contributed by atoms with E-state index in [9.17, 15) is 29.7 Å². The van der Waals surface area contributed by atoms with Crippen molar-refractivity contribution in [3.8, 4) is 0 Å². The van der Waals surface area contributed by atoms with Crippen LogP contribution in [0, 0.1) is 0 Å². The Bertz CT molecular complexity index is 336. The molecule has 0 aromatic heterocycles. The molecule has 7 nitrogen and oxygen atoms in total. The van der Waals surface area contributed by atoms with Gasteiger partial charge >= 0.3 is 5.97 Å². The minimum absolute atomic E-state index is 0.0960. The lowest BCUT2D eigenvalue weighted by molar-refractivity contribution is -0.354. The minimum atomic E-state index is -2.14. The van der Waals surface area contributed by atoms with Crippen molar-refractivity contribution in [2.45, 2.75) is 0 Å². The van der Waals surface area contributed by atoms with E-state index in [0.29, 0.717) is 0 Å². The van der Waals surface area contributed by atoms with E-state index in [0.717, 1.165) is 0 Å². The summed E-state index contributed by atoms with van der Waals surface area (Å²) in [6.45, 7) is 0. The first-order chi connectivity index (χ1) is 6.34. The molecule has 0 radical (unpaired) electrons. The molecule has 0 saturated heterocycles. The van der Waals surface area contributed by atoms with Crippen molar-refractivity contribution in [2.75, 3.05) is 0 Å². The third-order valence-corrected chi connectivity index (χ3v) is 1.00. The molecule has 0 aromatic carbocycles. The molecule has 0 heterocycles. The lowest BCUT2D eigenvalue weighted by Crippen LogP contribution is -2.32. The summed E-state index contributed by atoms with van der Waals surface area (Å²) in [4.78, 5) is 30.0. The van der Waals surface area contributed by atoms with Crippen molar-refractivity contribution in [3.05, 3.63) is 23.5 Å². The predicted molar refractivity (Wildman–Crippen MR) is 33.8 cm³/mol. The van der Waals surface area contributed by atoms with Gasteiger partial charge in [-0.3, -0.25) is 0 Å². The smallest absolute Gasteiger partial charge is 0.328 e. The van der Waals surface area contributed by atoms with Crippen LogP contribution in [0.2, 0.25) is 0 Å². The Labute approximate surface area is 77.2 Å². The predicted octanol–water partition coefficient (Wildman–Crippen LogP) is -4.26. The van der Waals surface area contributed by atoms with Gasteiger partial charge in [-0.1, -0.05) is 11.8 Å². The van der Waals surface area contributed by atoms with E-state index in [4.69, 9.17) is 5.11 Å². The summed E-state index contributed by atoms with van der Waals surface area (Å²) < 4.78 is 0. The number of carbonyl (C=O) groups excluding carboxylic acids is 2. The molecule has 0 spiro atoms. The molecule has 0 aliphatic carbocycles. The number of hydrogen-bond acceptors (Lipinski definition) is 6. The van der Waals surface area contributed by atoms with Crippen LogP contribution in [0.25, 0.3) is 0 Å². The molecule has 0 rings (SSSR count). The quantitative estimate of drug-likeness (QED) is 0.274. The maximum atomic E-state index is 10.4. The second-order valence-electron chi connectivity index (χ2n) is 2.02. The second kappa shape index (κ2) is 4.65. The summed E-state index contributed by atoms with van der Waals surface area (Å²) in [6.07, 6.45) is 0.231. The molecule has 0 fully saturated rings. The average molecular weight is 199 g/mol. The number of carboxylic acid groups (broad SMARTS) is 3. The van der Waals surface area contributed by atoms with Crippen molar-refractivity contribution in [3.63, 3.8) is 0 Å². The molecule has 0 amide bonds. The molecule has 1 N–H and O–H groups in total. The third-order valence-electron chi connectivity index (χ3n) is 1.00. The van der Waals surface area contributed by atoms with E-state index in [2.05, 4.69) is 0 Å². The van der Waals surface area contributed by atoms with Gasteiger partial charge in [0.2, 0.25) is 0 Å². The van der Waals surface area contributed by atoms with E-state index >= 15 is 0 Å². The largest absolute Gasteiger partial charge is 0.871 e. The normalized spacial score (nSPS) is 12.3. The minimum Gasteiger partial charge on any atom is -0.871 e. The molecule has 0 saturated carbocycles. The monoisotopic (exact) mass is 199 g/mol. The van der Waals surface area contributed by atoms with Gasteiger partial charge in [0.05, 0.1) is 11.9 Å². The fraction of sp³-hybridized carbons (Fsp3) is 0. The number of hydrogen-bond donors (Lipinski definition) is 1. The van der Waals surface area contributed by atoms with Crippen molar-refractivity contribution in [1.82, 2.24) is 0 Å². The average Bonchev–Trinajstić information content (AvgIpc) is 2.01. The maximum Gasteiger partial charge on any atom is 0.328 e. The topological polar surface area (TPSA) is 141 Å². The van der Waals surface area contributed by atoms with Crippen LogP contribution in [0.5, 0.6) is 0 Å². The van der Waals surface area contributed by atoms with Gasteiger partial charge in [0.1, 0.15) is 0 Å². The Kier molecular flexibility index (Phi) is 3.88. The molecular formula is C7H3O7-3. The summed E-state index contributed by atoms with van der Waals surface area (Å²) in [5.41, 5.74) is -1.05. The Morgan fingerprint density at radius 3 is 1.71 bits per heavy atom. The zero-order valence-corrected chi connectivity index (χ0v) is 6.55. The summed E-state index contributed by atoms with van der Waals surface area (Å²) in [5, 5.41) is 38.5. The van der Waals surface area contributed by atoms with Crippen molar-refractivity contribution in [1.29, 1.82) is 0 Å². The fourth-order valence-electron chi connectivity index (χ4n) is 0.493. The van der Waals surface area contributed by atoms with E-state index in [1.165, 1.54) is 0 Å². The summed E-state index contributed by atoms with van der Waals surface area (Å²) >= 11 is 0. The van der Waals surface area contributed by atoms with Crippen LogP contribution in [0.15, 0.2) is 23.5 Å². The number of aliphatic carboxylic acids is 3. The van der Waals surface area contributed by atoms with Gasteiger partial charge in [-0.15, -0.1) is 0 Å². The molecular weight excluding hydrogens is 196 g/mol. The first-order valence-corrected chi connectivity index (χ1v) is 3.10. The van der Waals surface area contributed by atoms with E-state index < -0.39 is 29.2 Å². The highest BCUT2D eigenvalue weighted by Crippen LogP contribution is 1.97. The molecule has 76 valence electrons. The van der Waals surface area contributed by atoms with Crippen LogP contribution in [0.1, 0.15) is 0 Å². The summed E-state index contributed by atoms with van der Waals surface area (Å²) in [7, 11) is 0. The first kappa shape index (κ1) is 11.7. The van der Waals surface area contributed by atoms with Crippen LogP contribution in [-0.4, -0.2) is 23.0 Å². The summed E-state index contributed by atoms with van der Waals surface area (Å²) in [6, 6.07) is 0. The lowest BCUT2D eigenvalue weighted by atomic mass is 10.2. The zero-order chi connectivity index (χ0) is 11.3. The number of carbonyl (C=O) groups is 3. The molecule has 0 unspecified atom stereocenters. The van der Waals surface area contributed by atoms with Crippen LogP contribution >= 0.6 is 0 Å². The molecule has 14 heavy (non-hydrogen) atoms. The zero-order valence-electron chi connectivity index (χ0n) is 6.55. The van der Waals surface area contributed by atoms with E-state index in [1.54, 1.807) is 0 Å². The van der Waals surface area contributed by atoms with Gasteiger partial charge in [0.25, 0.3) is 0 Å². The fourth-order valence-corrected chi connectivity index (χ4v) is 0.493. The lowest BCUT2D eigenvalue weighted by Gasteiger charge is -2.13. The van der Waals surface area contributed by atoms with Crippen LogP contribution in [0.4, 0.5) is 0 Å². The molecule has 0 aromatic rings. The highest BCUT2D eigenvalue weighted by Gasteiger charge is 1.98. The van der Waals surface area contributed by atoms with Gasteiger partial charge in [-0.2, -0.15) is 0 Å². The Balaban J connectivity index is 5.07. The van der Waals surface area contributed by atoms with E-state index in [1.807, 2.05) is 0 Å². The van der Waals surface area contributed by atoms with Gasteiger partial charge in [0, 0.05) is 11.6 Å². The molecule has 0 bridgehead atoms. The Hall–Kier alpha value is -2.31. The van der Waals surface area contributed by atoms with Crippen LogP contribution in [-0.2, 0) is 14.4 Å². The number of carboxylic acids is 3. The molecule has 0 aliphatic heterocycles. The van der Waals surface area contributed by atoms with Gasteiger partial charge in [-0.25, -0.2) is 4.79 Å². The molecule has 0 atom stereocenters. The standard InChI is InChI=1S/C7H6O7/c8-4(7(13)14)1-3(6(11)12)2-5(9)10/h1-2,8H,(H,9,10)(H,11,12)(H,13,14)/p-3/b3-2+,4-1-. The van der Waals surface area contributed by atoms with E-state index in [-0.39, 0.29) is 12.2 Å². The van der Waals surface area contributed by atoms with Crippen molar-refractivity contribution in [2.24, 2.45) is 0 Å². The number of rotatable bonds is 4. The Morgan fingerprint density at radius 2 is 1.43 bits per heavy atom.